The molecule has 1 amide bonds. The van der Waals surface area contributed by atoms with Crippen LogP contribution in [-0.4, -0.2) is 22.6 Å². The van der Waals surface area contributed by atoms with E-state index in [9.17, 15) is 4.79 Å². The van der Waals surface area contributed by atoms with E-state index in [2.05, 4.69) is 16.4 Å². The maximum absolute atomic E-state index is 12.3. The van der Waals surface area contributed by atoms with E-state index in [1.807, 2.05) is 41.0 Å². The first kappa shape index (κ1) is 15.9. The molecular weight excluding hydrogens is 328 g/mol. The molecule has 0 aliphatic carbocycles. The Balaban J connectivity index is 1.75. The molecule has 3 aromatic rings. The van der Waals surface area contributed by atoms with Crippen molar-refractivity contribution < 1.29 is 9.53 Å². The third-order valence-electron chi connectivity index (χ3n) is 4.57. The molecule has 1 N–H and O–H groups in total. The van der Waals surface area contributed by atoms with Crippen LogP contribution in [-0.2, 0) is 4.79 Å². The van der Waals surface area contributed by atoms with Gasteiger partial charge in [-0.1, -0.05) is 12.1 Å². The molecule has 1 atom stereocenters. The molecule has 0 saturated heterocycles. The van der Waals surface area contributed by atoms with E-state index < -0.39 is 0 Å². The van der Waals surface area contributed by atoms with Crippen LogP contribution in [0.5, 0.6) is 5.75 Å². The first-order valence-electron chi connectivity index (χ1n) is 8.21. The lowest BCUT2D eigenvalue weighted by Crippen LogP contribution is -2.24. The number of carbonyl (C=O) groups excluding carboxylic acids is 1. The van der Waals surface area contributed by atoms with Gasteiger partial charge >= 0.3 is 0 Å². The number of nitriles is 1. The maximum Gasteiger partial charge on any atom is 0.226 e. The van der Waals surface area contributed by atoms with Gasteiger partial charge in [0.05, 0.1) is 24.4 Å². The number of aromatic nitrogens is 2. The Kier molecular flexibility index (Phi) is 3.90. The molecule has 6 heteroatoms. The molecule has 0 saturated carbocycles. The van der Waals surface area contributed by atoms with E-state index in [0.29, 0.717) is 17.8 Å². The van der Waals surface area contributed by atoms with E-state index >= 15 is 0 Å². The fraction of sp³-hybridized carbons (Fsp3) is 0.150. The Morgan fingerprint density at radius 2 is 1.92 bits per heavy atom. The van der Waals surface area contributed by atoms with E-state index in [1.165, 1.54) is 0 Å². The Hall–Kier alpha value is -3.59. The molecule has 1 aromatic heterocycles. The van der Waals surface area contributed by atoms with Crippen molar-refractivity contribution in [3.8, 4) is 17.5 Å². The van der Waals surface area contributed by atoms with Crippen LogP contribution in [0.4, 0.5) is 5.82 Å². The summed E-state index contributed by atoms with van der Waals surface area (Å²) in [5.41, 5.74) is 3.28. The quantitative estimate of drug-likeness (QED) is 0.791. The van der Waals surface area contributed by atoms with Crippen molar-refractivity contribution >= 4 is 11.7 Å². The summed E-state index contributed by atoms with van der Waals surface area (Å²) in [6.07, 6.45) is 2.05. The van der Waals surface area contributed by atoms with Gasteiger partial charge in [-0.05, 0) is 42.0 Å². The van der Waals surface area contributed by atoms with Crippen molar-refractivity contribution in [2.45, 2.75) is 12.3 Å². The highest BCUT2D eigenvalue weighted by molar-refractivity contribution is 5.94. The molecule has 6 nitrogen and oxygen atoms in total. The van der Waals surface area contributed by atoms with Crippen LogP contribution in [0.2, 0.25) is 0 Å². The van der Waals surface area contributed by atoms with Crippen LogP contribution >= 0.6 is 0 Å². The van der Waals surface area contributed by atoms with Gasteiger partial charge in [0.15, 0.2) is 0 Å². The Morgan fingerprint density at radius 3 is 2.58 bits per heavy atom. The van der Waals surface area contributed by atoms with Gasteiger partial charge in [0.1, 0.15) is 17.9 Å². The molecule has 1 unspecified atom stereocenters. The third-order valence-corrected chi connectivity index (χ3v) is 4.57. The number of carbonyl (C=O) groups is 1. The summed E-state index contributed by atoms with van der Waals surface area (Å²) in [7, 11) is 1.62. The van der Waals surface area contributed by atoms with Crippen LogP contribution in [0, 0.1) is 11.3 Å². The van der Waals surface area contributed by atoms with Gasteiger partial charge in [0.2, 0.25) is 5.91 Å². The normalized spacial score (nSPS) is 15.7. The van der Waals surface area contributed by atoms with Crippen LogP contribution in [0.3, 0.4) is 0 Å². The average molecular weight is 344 g/mol. The summed E-state index contributed by atoms with van der Waals surface area (Å²) in [6, 6.07) is 17.0. The molecule has 1 aliphatic heterocycles. The van der Waals surface area contributed by atoms with E-state index in [1.54, 1.807) is 25.6 Å². The molecule has 0 spiro atoms. The number of ether oxygens (including phenoxy) is 1. The minimum Gasteiger partial charge on any atom is -0.497 e. The maximum atomic E-state index is 12.3. The number of methoxy groups -OCH3 is 1. The predicted octanol–water partition coefficient (Wildman–Crippen LogP) is 3.23. The summed E-state index contributed by atoms with van der Waals surface area (Å²) in [5, 5.41) is 11.9. The Bertz CT molecular complexity index is 998. The monoisotopic (exact) mass is 344 g/mol. The number of imidazole rings is 1. The van der Waals surface area contributed by atoms with Crippen molar-refractivity contribution in [2.24, 2.45) is 0 Å². The number of hydrogen-bond acceptors (Lipinski definition) is 4. The lowest BCUT2D eigenvalue weighted by atomic mass is 9.89. The second-order valence-electron chi connectivity index (χ2n) is 6.09. The zero-order valence-corrected chi connectivity index (χ0v) is 14.1. The van der Waals surface area contributed by atoms with Crippen molar-refractivity contribution in [1.29, 1.82) is 5.26 Å². The van der Waals surface area contributed by atoms with E-state index in [0.717, 1.165) is 22.7 Å². The second kappa shape index (κ2) is 6.37. The third kappa shape index (κ3) is 2.70. The molecule has 1 aliphatic rings. The van der Waals surface area contributed by atoms with Gasteiger partial charge in [0, 0.05) is 18.0 Å². The van der Waals surface area contributed by atoms with Gasteiger partial charge in [-0.25, -0.2) is 4.98 Å². The van der Waals surface area contributed by atoms with Crippen molar-refractivity contribution in [3.05, 3.63) is 71.7 Å². The molecule has 0 radical (unpaired) electrons. The zero-order chi connectivity index (χ0) is 18.1. The first-order valence-corrected chi connectivity index (χ1v) is 8.21. The number of nitrogens with one attached hydrogen (secondary N) is 1. The van der Waals surface area contributed by atoms with Gasteiger partial charge in [0.25, 0.3) is 0 Å². The van der Waals surface area contributed by atoms with Crippen LogP contribution in [0.15, 0.2) is 54.9 Å². The fourth-order valence-electron chi connectivity index (χ4n) is 3.21. The minimum atomic E-state index is -0.133. The van der Waals surface area contributed by atoms with Crippen LogP contribution in [0.1, 0.15) is 29.2 Å². The van der Waals surface area contributed by atoms with Gasteiger partial charge in [-0.2, -0.15) is 5.26 Å². The van der Waals surface area contributed by atoms with E-state index in [-0.39, 0.29) is 11.8 Å². The van der Waals surface area contributed by atoms with Gasteiger partial charge in [-0.15, -0.1) is 0 Å². The summed E-state index contributed by atoms with van der Waals surface area (Å²) >= 11 is 0. The molecule has 0 fully saturated rings. The number of hydrogen-bond donors (Lipinski definition) is 1. The number of nitrogens with zero attached hydrogens (tertiary/aromatic N) is 3. The van der Waals surface area contributed by atoms with Crippen molar-refractivity contribution in [2.75, 3.05) is 12.4 Å². The summed E-state index contributed by atoms with van der Waals surface area (Å²) in [6.45, 7) is 0. The topological polar surface area (TPSA) is 79.9 Å². The van der Waals surface area contributed by atoms with Crippen LogP contribution in [0.25, 0.3) is 5.69 Å². The zero-order valence-electron chi connectivity index (χ0n) is 14.1. The lowest BCUT2D eigenvalue weighted by Gasteiger charge is -2.23. The van der Waals surface area contributed by atoms with Crippen molar-refractivity contribution in [3.63, 3.8) is 0 Å². The number of anilines is 1. The van der Waals surface area contributed by atoms with Crippen molar-refractivity contribution in [1.82, 2.24) is 9.55 Å². The SMILES string of the molecule is COc1ccc(-n2cnc3c2NC(=O)CC3c2ccc(C#N)cc2)cc1. The molecule has 26 heavy (non-hydrogen) atoms. The molecular formula is C20H16N4O2. The highest BCUT2D eigenvalue weighted by atomic mass is 16.5. The molecule has 0 bridgehead atoms. The smallest absolute Gasteiger partial charge is 0.226 e. The molecule has 4 rings (SSSR count). The average Bonchev–Trinajstić information content (AvgIpc) is 3.11. The predicted molar refractivity (Wildman–Crippen MR) is 96.4 cm³/mol. The fourth-order valence-corrected chi connectivity index (χ4v) is 3.21. The summed E-state index contributed by atoms with van der Waals surface area (Å²) in [5.74, 6) is 1.26. The van der Waals surface area contributed by atoms with Gasteiger partial charge < -0.3 is 10.1 Å². The second-order valence-corrected chi connectivity index (χ2v) is 6.09. The number of amides is 1. The minimum absolute atomic E-state index is 0.0536. The molecule has 2 aromatic carbocycles. The lowest BCUT2D eigenvalue weighted by molar-refractivity contribution is -0.116. The molecule has 2 heterocycles. The largest absolute Gasteiger partial charge is 0.497 e. The number of benzene rings is 2. The standard InChI is InChI=1S/C20H16N4O2/c1-26-16-8-6-15(7-9-16)24-12-22-19-17(10-18(25)23-20(19)24)14-4-2-13(11-21)3-5-14/h2-9,12,17H,10H2,1H3,(H,23,25). The first-order chi connectivity index (χ1) is 12.7. The summed E-state index contributed by atoms with van der Waals surface area (Å²) < 4.78 is 7.06. The summed E-state index contributed by atoms with van der Waals surface area (Å²) in [4.78, 5) is 16.9. The number of rotatable bonds is 3. The van der Waals surface area contributed by atoms with Crippen LogP contribution < -0.4 is 10.1 Å². The van der Waals surface area contributed by atoms with E-state index in [4.69, 9.17) is 10.00 Å². The number of fused-ring (bicyclic) bond motifs is 1. The highest BCUT2D eigenvalue weighted by Gasteiger charge is 2.30. The van der Waals surface area contributed by atoms with Gasteiger partial charge in [-0.3, -0.25) is 9.36 Å². The Morgan fingerprint density at radius 1 is 1.19 bits per heavy atom. The highest BCUT2D eigenvalue weighted by Crippen LogP contribution is 2.37. The molecule has 128 valence electrons. The Labute approximate surface area is 150 Å².